The number of nitrogens with zero attached hydrogens (tertiary/aromatic N) is 3. The highest BCUT2D eigenvalue weighted by Gasteiger charge is 2.34. The molecule has 0 bridgehead atoms. The Labute approximate surface area is 236 Å². The number of hydrogen-bond acceptors (Lipinski definition) is 7. The molecule has 0 spiro atoms. The molecule has 3 N–H and O–H groups in total. The highest BCUT2D eigenvalue weighted by molar-refractivity contribution is 7.98. The van der Waals surface area contributed by atoms with Crippen LogP contribution in [0.15, 0.2) is 83.2 Å². The van der Waals surface area contributed by atoms with Crippen molar-refractivity contribution in [1.29, 1.82) is 0 Å². The quantitative estimate of drug-likeness (QED) is 0.233. The van der Waals surface area contributed by atoms with Gasteiger partial charge in [0.1, 0.15) is 11.8 Å². The normalized spacial score (nSPS) is 14.3. The molecule has 0 fully saturated rings. The zero-order valence-electron chi connectivity index (χ0n) is 22.6. The van der Waals surface area contributed by atoms with Crippen LogP contribution in [-0.4, -0.2) is 38.9 Å². The van der Waals surface area contributed by atoms with Crippen LogP contribution in [0.2, 0.25) is 0 Å². The van der Waals surface area contributed by atoms with E-state index in [4.69, 9.17) is 14.8 Å². The van der Waals surface area contributed by atoms with Crippen LogP contribution < -0.4 is 15.4 Å². The molecule has 0 radical (unpaired) electrons. The number of methoxy groups -OCH3 is 1. The fourth-order valence-electron chi connectivity index (χ4n) is 4.63. The van der Waals surface area contributed by atoms with Crippen molar-refractivity contribution in [3.63, 3.8) is 0 Å². The number of benzene rings is 3. The van der Waals surface area contributed by atoms with E-state index < -0.39 is 12.0 Å². The van der Waals surface area contributed by atoms with E-state index in [0.29, 0.717) is 45.1 Å². The van der Waals surface area contributed by atoms with Gasteiger partial charge in [0.05, 0.1) is 18.2 Å². The lowest BCUT2D eigenvalue weighted by Gasteiger charge is -2.28. The van der Waals surface area contributed by atoms with Crippen molar-refractivity contribution in [2.24, 2.45) is 0 Å². The number of carboxylic acid groups (broad SMARTS) is 1. The van der Waals surface area contributed by atoms with Crippen LogP contribution in [0.1, 0.15) is 45.6 Å². The van der Waals surface area contributed by atoms with Crippen LogP contribution in [0.3, 0.4) is 0 Å². The Kier molecular flexibility index (Phi) is 7.61. The monoisotopic (exact) mass is 555 g/mol. The molecule has 2 heterocycles. The Bertz CT molecular complexity index is 1610. The minimum absolute atomic E-state index is 0.158. The second kappa shape index (κ2) is 11.3. The molecule has 4 aromatic rings. The minimum Gasteiger partial charge on any atom is -0.497 e. The van der Waals surface area contributed by atoms with Gasteiger partial charge in [0, 0.05) is 17.1 Å². The van der Waals surface area contributed by atoms with Gasteiger partial charge in [0.15, 0.2) is 0 Å². The Balaban J connectivity index is 1.48. The number of nitrogens with one attached hydrogen (secondary N) is 2. The van der Waals surface area contributed by atoms with Gasteiger partial charge < -0.3 is 20.5 Å². The van der Waals surface area contributed by atoms with E-state index in [2.05, 4.69) is 42.7 Å². The predicted octanol–water partition coefficient (Wildman–Crippen LogP) is 5.82. The topological polar surface area (TPSA) is 118 Å². The maximum absolute atomic E-state index is 13.7. The number of rotatable bonds is 8. The fraction of sp³-hybridized carbons (Fsp3) is 0.200. The summed E-state index contributed by atoms with van der Waals surface area (Å²) in [5.74, 6) is 0.557. The average molecular weight is 556 g/mol. The summed E-state index contributed by atoms with van der Waals surface area (Å²) in [6.07, 6.45) is 0. The Hall–Kier alpha value is -4.57. The minimum atomic E-state index is -1.02. The van der Waals surface area contributed by atoms with Gasteiger partial charge in [-0.15, -0.1) is 5.10 Å². The largest absolute Gasteiger partial charge is 0.497 e. The van der Waals surface area contributed by atoms with Crippen molar-refractivity contribution in [3.05, 3.63) is 106 Å². The molecular formula is C30H29N5O4S. The molecule has 204 valence electrons. The lowest BCUT2D eigenvalue weighted by molar-refractivity contribution is -0.113. The van der Waals surface area contributed by atoms with Crippen LogP contribution >= 0.6 is 11.8 Å². The van der Waals surface area contributed by atoms with Gasteiger partial charge >= 0.3 is 5.97 Å². The summed E-state index contributed by atoms with van der Waals surface area (Å²) in [7, 11) is 1.58. The maximum atomic E-state index is 13.7. The number of aromatic nitrogens is 3. The molecule has 0 saturated carbocycles. The summed E-state index contributed by atoms with van der Waals surface area (Å²) in [4.78, 5) is 29.9. The van der Waals surface area contributed by atoms with E-state index in [1.54, 1.807) is 48.2 Å². The van der Waals surface area contributed by atoms with E-state index in [-0.39, 0.29) is 11.5 Å². The molecule has 9 nitrogen and oxygen atoms in total. The van der Waals surface area contributed by atoms with E-state index in [1.807, 2.05) is 6.92 Å². The second-order valence-corrected chi connectivity index (χ2v) is 10.5. The highest BCUT2D eigenvalue weighted by atomic mass is 32.2. The number of thioether (sulfide) groups is 1. The highest BCUT2D eigenvalue weighted by Crippen LogP contribution is 2.37. The number of amides is 1. The second-order valence-electron chi connectivity index (χ2n) is 9.56. The zero-order chi connectivity index (χ0) is 28.4. The van der Waals surface area contributed by atoms with E-state index >= 15 is 0 Å². The van der Waals surface area contributed by atoms with Crippen LogP contribution in [0.5, 0.6) is 5.75 Å². The maximum Gasteiger partial charge on any atom is 0.335 e. The van der Waals surface area contributed by atoms with Crippen LogP contribution in [0.25, 0.3) is 0 Å². The van der Waals surface area contributed by atoms with Gasteiger partial charge in [0.2, 0.25) is 11.1 Å². The molecular weight excluding hydrogens is 526 g/mol. The van der Waals surface area contributed by atoms with Crippen LogP contribution in [-0.2, 0) is 10.5 Å². The van der Waals surface area contributed by atoms with Crippen LogP contribution in [0.4, 0.5) is 11.6 Å². The molecule has 0 unspecified atom stereocenters. The number of anilines is 2. The Morgan fingerprint density at radius 3 is 2.42 bits per heavy atom. The van der Waals surface area contributed by atoms with Crippen LogP contribution in [0, 0.1) is 13.8 Å². The molecule has 3 aromatic carbocycles. The molecule has 1 aliphatic heterocycles. The van der Waals surface area contributed by atoms with Crippen molar-refractivity contribution >= 4 is 35.3 Å². The Morgan fingerprint density at radius 1 is 1.05 bits per heavy atom. The third-order valence-corrected chi connectivity index (χ3v) is 7.64. The first kappa shape index (κ1) is 27.0. The summed E-state index contributed by atoms with van der Waals surface area (Å²) < 4.78 is 6.91. The standard InChI is InChI=1S/C30H29N5O4S/c1-17-5-6-22(18(2)15-17)16-40-30-33-29-31-19(3)25(27(36)32-23-11-13-24(39-4)14-12-23)26(35(29)34-30)20-7-9-21(10-8-20)28(37)38/h5-15,26H,16H2,1-4H3,(H,32,36)(H,37,38)(H,31,33,34)/t26-/m1/s1. The summed E-state index contributed by atoms with van der Waals surface area (Å²) in [5, 5.41) is 21.0. The van der Waals surface area contributed by atoms with Crippen molar-refractivity contribution < 1.29 is 19.4 Å². The lowest BCUT2D eigenvalue weighted by Crippen LogP contribution is -2.31. The molecule has 0 saturated heterocycles. The van der Waals surface area contributed by atoms with Gasteiger partial charge in [-0.2, -0.15) is 4.98 Å². The number of carbonyl (C=O) groups excluding carboxylic acids is 1. The molecule has 1 atom stereocenters. The number of aryl methyl sites for hydroxylation is 2. The van der Waals surface area contributed by atoms with Crippen molar-refractivity contribution in [1.82, 2.24) is 14.8 Å². The first-order chi connectivity index (χ1) is 19.2. The number of hydrogen-bond donors (Lipinski definition) is 3. The molecule has 1 aromatic heterocycles. The number of allylic oxidation sites excluding steroid dienone is 1. The number of ether oxygens (including phenoxy) is 1. The van der Waals surface area contributed by atoms with Gasteiger partial charge in [-0.05, 0) is 73.9 Å². The average Bonchev–Trinajstić information content (AvgIpc) is 3.34. The molecule has 10 heteroatoms. The van der Waals surface area contributed by atoms with Gasteiger partial charge in [-0.3, -0.25) is 4.79 Å². The fourth-order valence-corrected chi connectivity index (χ4v) is 5.53. The summed E-state index contributed by atoms with van der Waals surface area (Å²) >= 11 is 1.52. The number of aromatic carboxylic acids is 1. The summed E-state index contributed by atoms with van der Waals surface area (Å²) in [5.41, 5.74) is 6.18. The van der Waals surface area contributed by atoms with E-state index in [1.165, 1.54) is 40.6 Å². The van der Waals surface area contributed by atoms with E-state index in [0.717, 1.165) is 0 Å². The Morgan fingerprint density at radius 2 is 1.77 bits per heavy atom. The predicted molar refractivity (Wildman–Crippen MR) is 155 cm³/mol. The van der Waals surface area contributed by atoms with Gasteiger partial charge in [0.25, 0.3) is 5.91 Å². The van der Waals surface area contributed by atoms with Crippen molar-refractivity contribution in [3.8, 4) is 5.75 Å². The number of fused-ring (bicyclic) bond motifs is 1. The van der Waals surface area contributed by atoms with Crippen molar-refractivity contribution in [2.75, 3.05) is 17.7 Å². The third kappa shape index (κ3) is 5.57. The molecule has 0 aliphatic carbocycles. The van der Waals surface area contributed by atoms with Gasteiger partial charge in [-0.25, -0.2) is 9.48 Å². The zero-order valence-corrected chi connectivity index (χ0v) is 23.4. The molecule has 1 amide bonds. The first-order valence-corrected chi connectivity index (χ1v) is 13.6. The third-order valence-electron chi connectivity index (χ3n) is 6.75. The molecule has 5 rings (SSSR count). The van der Waals surface area contributed by atoms with E-state index in [9.17, 15) is 14.7 Å². The smallest absolute Gasteiger partial charge is 0.335 e. The SMILES string of the molecule is COc1ccc(NC(=O)C2=C(C)Nc3nc(SCc4ccc(C)cc4C)nn3[C@@H]2c2ccc(C(=O)O)cc2)cc1. The first-order valence-electron chi connectivity index (χ1n) is 12.7. The number of carbonyl (C=O) groups is 2. The molecule has 1 aliphatic rings. The molecule has 40 heavy (non-hydrogen) atoms. The summed E-state index contributed by atoms with van der Waals surface area (Å²) in [6, 6.07) is 19.3. The van der Waals surface area contributed by atoms with Crippen molar-refractivity contribution in [2.45, 2.75) is 37.7 Å². The number of carboxylic acids is 1. The lowest BCUT2D eigenvalue weighted by atomic mass is 9.94. The van der Waals surface area contributed by atoms with Gasteiger partial charge in [-0.1, -0.05) is 47.7 Å². The summed E-state index contributed by atoms with van der Waals surface area (Å²) in [6.45, 7) is 5.98.